The molecule has 1 fully saturated rings. The van der Waals surface area contributed by atoms with E-state index in [2.05, 4.69) is 20.2 Å². The Hall–Kier alpha value is -1.65. The van der Waals surface area contributed by atoms with Gasteiger partial charge in [-0.3, -0.25) is 4.79 Å². The van der Waals surface area contributed by atoms with E-state index in [1.165, 1.54) is 13.3 Å². The summed E-state index contributed by atoms with van der Waals surface area (Å²) < 4.78 is 0. The van der Waals surface area contributed by atoms with Crippen LogP contribution in [0.1, 0.15) is 6.92 Å². The van der Waals surface area contributed by atoms with Crippen LogP contribution in [0.4, 0.5) is 5.82 Å². The Morgan fingerprint density at radius 3 is 3.00 bits per heavy atom. The number of amides is 1. The van der Waals surface area contributed by atoms with E-state index >= 15 is 0 Å². The van der Waals surface area contributed by atoms with Crippen molar-refractivity contribution < 1.29 is 4.79 Å². The first-order valence-corrected chi connectivity index (χ1v) is 4.54. The molecule has 5 nitrogen and oxygen atoms in total. The van der Waals surface area contributed by atoms with Crippen LogP contribution in [0, 0.1) is 0 Å². The Balaban J connectivity index is 1.86. The summed E-state index contributed by atoms with van der Waals surface area (Å²) in [4.78, 5) is 20.8. The molecule has 0 radical (unpaired) electrons. The number of carbonyl (C=O) groups is 1. The first kappa shape index (κ1) is 8.93. The number of nitrogens with zero attached hydrogens (tertiary/aromatic N) is 3. The van der Waals surface area contributed by atoms with Crippen LogP contribution in [-0.4, -0.2) is 35.0 Å². The zero-order valence-corrected chi connectivity index (χ0v) is 7.97. The summed E-state index contributed by atoms with van der Waals surface area (Å²) in [5.74, 6) is 0.943. The van der Waals surface area contributed by atoms with Crippen molar-refractivity contribution in [3.05, 3.63) is 18.6 Å². The molecule has 0 atom stereocenters. The number of aromatic nitrogens is 2. The van der Waals surface area contributed by atoms with E-state index in [1.54, 1.807) is 6.20 Å². The second kappa shape index (κ2) is 3.61. The van der Waals surface area contributed by atoms with Crippen LogP contribution in [0.25, 0.3) is 0 Å². The predicted molar refractivity (Wildman–Crippen MR) is 51.8 cm³/mol. The van der Waals surface area contributed by atoms with Gasteiger partial charge >= 0.3 is 0 Å². The van der Waals surface area contributed by atoms with E-state index in [0.717, 1.165) is 18.9 Å². The van der Waals surface area contributed by atoms with Gasteiger partial charge in [-0.1, -0.05) is 0 Å². The average Bonchev–Trinajstić information content (AvgIpc) is 2.12. The van der Waals surface area contributed by atoms with Crippen LogP contribution in [0.5, 0.6) is 0 Å². The highest BCUT2D eigenvalue weighted by Gasteiger charge is 2.27. The molecule has 1 N–H and O–H groups in total. The van der Waals surface area contributed by atoms with Gasteiger partial charge in [-0.15, -0.1) is 0 Å². The average molecular weight is 192 g/mol. The summed E-state index contributed by atoms with van der Waals surface area (Å²) in [5.41, 5.74) is 0. The van der Waals surface area contributed by atoms with Crippen LogP contribution in [-0.2, 0) is 4.79 Å². The lowest BCUT2D eigenvalue weighted by Crippen LogP contribution is -2.59. The molecule has 0 aromatic carbocycles. The van der Waals surface area contributed by atoms with Gasteiger partial charge in [0.25, 0.3) is 0 Å². The number of rotatable bonds is 2. The second-order valence-corrected chi connectivity index (χ2v) is 3.37. The lowest BCUT2D eigenvalue weighted by atomic mass is 10.1. The standard InChI is InChI=1S/C9H12N4O/c1-7(14)12-8-4-13(5-8)9-2-3-10-6-11-9/h2-3,6,8H,4-5H2,1H3,(H,12,14). The molecule has 0 aliphatic carbocycles. The lowest BCUT2D eigenvalue weighted by molar-refractivity contribution is -0.119. The van der Waals surface area contributed by atoms with Gasteiger partial charge in [0, 0.05) is 26.2 Å². The molecular formula is C9H12N4O. The van der Waals surface area contributed by atoms with Crippen LogP contribution < -0.4 is 10.2 Å². The molecule has 0 unspecified atom stereocenters. The number of nitrogens with one attached hydrogen (secondary N) is 1. The number of anilines is 1. The van der Waals surface area contributed by atoms with E-state index < -0.39 is 0 Å². The molecular weight excluding hydrogens is 180 g/mol. The Morgan fingerprint density at radius 2 is 2.43 bits per heavy atom. The molecule has 0 saturated carbocycles. The maximum absolute atomic E-state index is 10.7. The minimum atomic E-state index is 0.0253. The molecule has 74 valence electrons. The Labute approximate surface area is 82.2 Å². The highest BCUT2D eigenvalue weighted by molar-refractivity contribution is 5.73. The molecule has 0 bridgehead atoms. The van der Waals surface area contributed by atoms with Crippen molar-refractivity contribution in [2.24, 2.45) is 0 Å². The van der Waals surface area contributed by atoms with Crippen molar-refractivity contribution in [3.8, 4) is 0 Å². The van der Waals surface area contributed by atoms with Gasteiger partial charge < -0.3 is 10.2 Å². The molecule has 2 heterocycles. The van der Waals surface area contributed by atoms with Gasteiger partial charge in [-0.25, -0.2) is 9.97 Å². The smallest absolute Gasteiger partial charge is 0.217 e. The maximum atomic E-state index is 10.7. The number of hydrogen-bond acceptors (Lipinski definition) is 4. The van der Waals surface area contributed by atoms with Gasteiger partial charge in [-0.2, -0.15) is 0 Å². The van der Waals surface area contributed by atoms with E-state index in [1.807, 2.05) is 6.07 Å². The fourth-order valence-electron chi connectivity index (χ4n) is 1.52. The first-order chi connectivity index (χ1) is 6.75. The minimum absolute atomic E-state index is 0.0253. The van der Waals surface area contributed by atoms with Crippen molar-refractivity contribution in [1.82, 2.24) is 15.3 Å². The molecule has 0 spiro atoms. The highest BCUT2D eigenvalue weighted by atomic mass is 16.1. The van der Waals surface area contributed by atoms with Crippen LogP contribution in [0.2, 0.25) is 0 Å². The summed E-state index contributed by atoms with van der Waals surface area (Å²) in [7, 11) is 0. The zero-order valence-electron chi connectivity index (χ0n) is 7.97. The second-order valence-electron chi connectivity index (χ2n) is 3.37. The fraction of sp³-hybridized carbons (Fsp3) is 0.444. The minimum Gasteiger partial charge on any atom is -0.352 e. The zero-order chi connectivity index (χ0) is 9.97. The Kier molecular flexibility index (Phi) is 2.30. The third-order valence-electron chi connectivity index (χ3n) is 2.18. The first-order valence-electron chi connectivity index (χ1n) is 4.54. The van der Waals surface area contributed by atoms with Crippen molar-refractivity contribution >= 4 is 11.7 Å². The molecule has 1 aromatic rings. The van der Waals surface area contributed by atoms with Gasteiger partial charge in [0.05, 0.1) is 6.04 Å². The molecule has 1 saturated heterocycles. The normalized spacial score (nSPS) is 16.2. The van der Waals surface area contributed by atoms with E-state index in [4.69, 9.17) is 0 Å². The topological polar surface area (TPSA) is 58.1 Å². The molecule has 5 heteroatoms. The van der Waals surface area contributed by atoms with Crippen molar-refractivity contribution in [1.29, 1.82) is 0 Å². The van der Waals surface area contributed by atoms with Crippen molar-refractivity contribution in [2.75, 3.05) is 18.0 Å². The highest BCUT2D eigenvalue weighted by Crippen LogP contribution is 2.16. The summed E-state index contributed by atoms with van der Waals surface area (Å²) in [6.07, 6.45) is 3.25. The molecule has 1 aromatic heterocycles. The van der Waals surface area contributed by atoms with Gasteiger partial charge in [0.15, 0.2) is 0 Å². The fourth-order valence-corrected chi connectivity index (χ4v) is 1.52. The molecule has 1 aliphatic heterocycles. The molecule has 1 amide bonds. The molecule has 1 aliphatic rings. The van der Waals surface area contributed by atoms with E-state index in [-0.39, 0.29) is 11.9 Å². The largest absolute Gasteiger partial charge is 0.352 e. The SMILES string of the molecule is CC(=O)NC1CN(c2ccncn2)C1. The number of carbonyl (C=O) groups excluding carboxylic acids is 1. The van der Waals surface area contributed by atoms with Gasteiger partial charge in [-0.05, 0) is 6.07 Å². The quantitative estimate of drug-likeness (QED) is 0.705. The lowest BCUT2D eigenvalue weighted by Gasteiger charge is -2.40. The summed E-state index contributed by atoms with van der Waals surface area (Å²) in [5, 5.41) is 2.85. The van der Waals surface area contributed by atoms with Crippen molar-refractivity contribution in [3.63, 3.8) is 0 Å². The van der Waals surface area contributed by atoms with E-state index in [0.29, 0.717) is 0 Å². The van der Waals surface area contributed by atoms with Crippen LogP contribution >= 0.6 is 0 Å². The van der Waals surface area contributed by atoms with Crippen LogP contribution in [0.15, 0.2) is 18.6 Å². The molecule has 14 heavy (non-hydrogen) atoms. The van der Waals surface area contributed by atoms with Crippen LogP contribution in [0.3, 0.4) is 0 Å². The van der Waals surface area contributed by atoms with E-state index in [9.17, 15) is 4.79 Å². The molecule has 2 rings (SSSR count). The summed E-state index contributed by atoms with van der Waals surface area (Å²) >= 11 is 0. The maximum Gasteiger partial charge on any atom is 0.217 e. The van der Waals surface area contributed by atoms with Gasteiger partial charge in [0.1, 0.15) is 12.1 Å². The summed E-state index contributed by atoms with van der Waals surface area (Å²) in [6, 6.07) is 2.13. The van der Waals surface area contributed by atoms with Gasteiger partial charge in [0.2, 0.25) is 5.91 Å². The third kappa shape index (κ3) is 1.81. The number of hydrogen-bond donors (Lipinski definition) is 1. The predicted octanol–water partition coefficient (Wildman–Crippen LogP) is -0.199. The third-order valence-corrected chi connectivity index (χ3v) is 2.18. The Bertz CT molecular complexity index is 321. The monoisotopic (exact) mass is 192 g/mol. The Morgan fingerprint density at radius 1 is 1.64 bits per heavy atom. The summed E-state index contributed by atoms with van der Waals surface area (Å²) in [6.45, 7) is 3.19. The van der Waals surface area contributed by atoms with Crippen molar-refractivity contribution in [2.45, 2.75) is 13.0 Å².